The molecule has 10 rings (SSSR count). The molecule has 0 amide bonds. The molecule has 0 atom stereocenters. The second kappa shape index (κ2) is 13.4. The van der Waals surface area contributed by atoms with Gasteiger partial charge in [-0.1, -0.05) is 16.6 Å². The minimum absolute atomic E-state index is 0.0115. The molecular formula is C39H10F15N9. The van der Waals surface area contributed by atoms with Crippen LogP contribution in [0.2, 0.25) is 0 Å². The summed E-state index contributed by atoms with van der Waals surface area (Å²) in [5, 5.41) is -2.79. The highest BCUT2D eigenvalue weighted by molar-refractivity contribution is 6.13. The maximum atomic E-state index is 16.6. The van der Waals surface area contributed by atoms with Crippen molar-refractivity contribution in [2.24, 2.45) is 0 Å². The van der Waals surface area contributed by atoms with E-state index in [1.54, 1.807) is 13.0 Å². The van der Waals surface area contributed by atoms with Crippen LogP contribution in [0.5, 0.6) is 0 Å². The van der Waals surface area contributed by atoms with Crippen molar-refractivity contribution < 1.29 is 65.9 Å². The summed E-state index contributed by atoms with van der Waals surface area (Å²) in [6, 6.07) is 6.02. The first-order chi connectivity index (χ1) is 29.9. The molecule has 0 spiro atoms. The van der Waals surface area contributed by atoms with E-state index in [-0.39, 0.29) is 11.8 Å². The van der Waals surface area contributed by atoms with Crippen LogP contribution in [0.4, 0.5) is 77.3 Å². The molecule has 316 valence electrons. The van der Waals surface area contributed by atoms with Gasteiger partial charge in [-0.3, -0.25) is 0 Å². The van der Waals surface area contributed by atoms with Crippen molar-refractivity contribution in [3.05, 3.63) is 117 Å². The van der Waals surface area contributed by atoms with E-state index >= 15 is 39.6 Å². The van der Waals surface area contributed by atoms with E-state index in [0.29, 0.717) is 5.56 Å². The Labute approximate surface area is 336 Å². The molecule has 0 aliphatic carbocycles. The standard InChI is InChI=1S/C39H10F15N9/c1-7-3-2-4-8(5-7)55-31-17-14(22(45)29(52)30(31)53)35-57-32-9-6-10(40)18(41)19(42)11(9)33(56-32)61-38-15-16(24(47)28(51)27(50)23(15)46)39(63(38)54)62-36-13-12(34(58-36)59-37(17)60-35)20(43)25(48)26(49)21(13)44/h2-6,55H,1H3,(H,56,57,58,59,60,61,62). The highest BCUT2D eigenvalue weighted by atomic mass is 19.2. The molecule has 2 N–H and O–H groups in total. The number of rotatable bonds is 2. The van der Waals surface area contributed by atoms with Gasteiger partial charge in [-0.05, 0) is 30.7 Å². The molecule has 24 heteroatoms. The lowest BCUT2D eigenvalue weighted by atomic mass is 10.1. The fraction of sp³-hybridized carbons (Fsp3) is 0.0256. The maximum Gasteiger partial charge on any atom is 0.198 e. The molecule has 0 radical (unpaired) electrons. The Bertz CT molecular complexity index is 3640. The van der Waals surface area contributed by atoms with Gasteiger partial charge in [0.15, 0.2) is 116 Å². The number of nitrogens with zero attached hydrogens (tertiary/aromatic N) is 7. The predicted molar refractivity (Wildman–Crippen MR) is 190 cm³/mol. The summed E-state index contributed by atoms with van der Waals surface area (Å²) in [6.07, 6.45) is 0. The molecule has 0 fully saturated rings. The molecule has 3 aromatic heterocycles. The lowest BCUT2D eigenvalue weighted by Gasteiger charge is -2.11. The first kappa shape index (κ1) is 39.4. The number of hydrogen-bond acceptors (Lipinski definition) is 7. The number of halogens is 15. The first-order valence-corrected chi connectivity index (χ1v) is 17.3. The Morgan fingerprint density at radius 1 is 0.460 bits per heavy atom. The largest absolute Gasteiger partial charge is 0.352 e. The van der Waals surface area contributed by atoms with Crippen LogP contribution in [0.15, 0.2) is 30.3 Å². The van der Waals surface area contributed by atoms with E-state index in [9.17, 15) is 26.3 Å². The van der Waals surface area contributed by atoms with Crippen LogP contribution < -0.4 is 5.32 Å². The zero-order valence-corrected chi connectivity index (χ0v) is 30.2. The third-order valence-corrected chi connectivity index (χ3v) is 10.0. The summed E-state index contributed by atoms with van der Waals surface area (Å²) in [7, 11) is 0. The van der Waals surface area contributed by atoms with E-state index < -0.39 is 182 Å². The van der Waals surface area contributed by atoms with Crippen LogP contribution >= 0.6 is 0 Å². The zero-order chi connectivity index (χ0) is 44.8. The maximum absolute atomic E-state index is 16.6. The summed E-state index contributed by atoms with van der Waals surface area (Å²) in [4.78, 5) is 23.8. The number of fused-ring (bicyclic) bond motifs is 20. The quantitative estimate of drug-likeness (QED) is 0.101. The van der Waals surface area contributed by atoms with Gasteiger partial charge in [0.1, 0.15) is 11.3 Å². The average molecular weight is 890 g/mol. The fourth-order valence-corrected chi connectivity index (χ4v) is 7.27. The minimum atomic E-state index is -2.61. The average Bonchev–Trinajstić information content (AvgIpc) is 3.97. The summed E-state index contributed by atoms with van der Waals surface area (Å²) in [5.74, 6) is -37.4. The molecule has 8 aromatic rings. The number of H-pyrrole nitrogens is 1. The number of benzene rings is 5. The Hall–Kier alpha value is -7.79. The van der Waals surface area contributed by atoms with Crippen molar-refractivity contribution in [2.45, 2.75) is 6.92 Å². The van der Waals surface area contributed by atoms with E-state index in [2.05, 4.69) is 40.2 Å². The van der Waals surface area contributed by atoms with Gasteiger partial charge in [-0.2, -0.15) is 0 Å². The Morgan fingerprint density at radius 2 is 0.937 bits per heavy atom. The van der Waals surface area contributed by atoms with Gasteiger partial charge >= 0.3 is 0 Å². The van der Waals surface area contributed by atoms with Crippen molar-refractivity contribution in [3.63, 3.8) is 0 Å². The SMILES string of the molecule is Cc1cccc(Nc2c(F)c(F)c(F)c3c4nc5nc(nc6c7c(F)c(F)c(F)c(F)c7c(nc7nc(nc([nH]4)c23)-c2c(F)c(F)c(F)c(F)c2-7)n6F)-c2c-5cc(F)c(F)c2F)c1. The molecular weight excluding hydrogens is 879 g/mol. The van der Waals surface area contributed by atoms with Crippen LogP contribution in [-0.4, -0.2) is 39.7 Å². The first-order valence-electron chi connectivity index (χ1n) is 17.3. The van der Waals surface area contributed by atoms with E-state index in [4.69, 9.17) is 0 Å². The second-order valence-electron chi connectivity index (χ2n) is 13.7. The number of aryl methyl sites for hydroxylation is 1. The number of anilines is 2. The van der Waals surface area contributed by atoms with Crippen LogP contribution in [0.25, 0.3) is 89.7 Å². The third-order valence-electron chi connectivity index (χ3n) is 10.0. The molecule has 2 aliphatic heterocycles. The van der Waals surface area contributed by atoms with Gasteiger partial charge < -0.3 is 10.3 Å². The molecule has 63 heavy (non-hydrogen) atoms. The Balaban J connectivity index is 1.50. The number of nitrogens with one attached hydrogen (secondary N) is 2. The predicted octanol–water partition coefficient (Wildman–Crippen LogP) is 11.1. The normalized spacial score (nSPS) is 12.1. The summed E-state index contributed by atoms with van der Waals surface area (Å²) >= 11 is 0. The number of aromatic amines is 1. The lowest BCUT2D eigenvalue weighted by Crippen LogP contribution is -2.02. The molecule has 9 nitrogen and oxygen atoms in total. The molecule has 8 bridgehead atoms. The van der Waals surface area contributed by atoms with Gasteiger partial charge in [0.25, 0.3) is 0 Å². The molecule has 0 saturated carbocycles. The van der Waals surface area contributed by atoms with Crippen molar-refractivity contribution >= 4 is 55.5 Å². The van der Waals surface area contributed by atoms with Crippen LogP contribution in [-0.2, 0) is 0 Å². The molecule has 5 aromatic carbocycles. The van der Waals surface area contributed by atoms with Crippen molar-refractivity contribution in [2.75, 3.05) is 5.32 Å². The van der Waals surface area contributed by atoms with Crippen LogP contribution in [0, 0.1) is 88.4 Å². The summed E-state index contributed by atoms with van der Waals surface area (Å²) in [6.45, 7) is 1.59. The smallest absolute Gasteiger partial charge is 0.198 e. The summed E-state index contributed by atoms with van der Waals surface area (Å²) < 4.78 is 232. The van der Waals surface area contributed by atoms with Crippen molar-refractivity contribution in [1.82, 2.24) is 39.7 Å². The minimum Gasteiger partial charge on any atom is -0.352 e. The second-order valence-corrected chi connectivity index (χ2v) is 13.7. The summed E-state index contributed by atoms with van der Waals surface area (Å²) in [5.41, 5.74) is -11.0. The Kier molecular flexibility index (Phi) is 8.34. The number of aromatic nitrogens is 8. The van der Waals surface area contributed by atoms with Gasteiger partial charge in [-0.25, -0.2) is 91.4 Å². The fourth-order valence-electron chi connectivity index (χ4n) is 7.27. The monoisotopic (exact) mass is 889 g/mol. The van der Waals surface area contributed by atoms with Crippen molar-refractivity contribution in [1.29, 1.82) is 0 Å². The topological polar surface area (TPSA) is 110 Å². The van der Waals surface area contributed by atoms with Gasteiger partial charge in [0, 0.05) is 11.3 Å². The van der Waals surface area contributed by atoms with E-state index in [0.717, 1.165) is 0 Å². The highest BCUT2D eigenvalue weighted by Crippen LogP contribution is 2.45. The van der Waals surface area contributed by atoms with Crippen molar-refractivity contribution in [3.8, 4) is 45.6 Å². The van der Waals surface area contributed by atoms with Gasteiger partial charge in [0.05, 0.1) is 43.9 Å². The zero-order valence-electron chi connectivity index (χ0n) is 30.2. The van der Waals surface area contributed by atoms with Crippen LogP contribution in [0.1, 0.15) is 5.56 Å². The molecule has 5 heterocycles. The lowest BCUT2D eigenvalue weighted by molar-refractivity contribution is 0.398. The van der Waals surface area contributed by atoms with Crippen LogP contribution in [0.3, 0.4) is 0 Å². The molecule has 0 saturated heterocycles. The van der Waals surface area contributed by atoms with Gasteiger partial charge in [0.2, 0.25) is 0 Å². The van der Waals surface area contributed by atoms with E-state index in [1.165, 1.54) is 18.2 Å². The molecule has 2 aliphatic rings. The number of hydrogen-bond donors (Lipinski definition) is 2. The highest BCUT2D eigenvalue weighted by Gasteiger charge is 2.36. The van der Waals surface area contributed by atoms with E-state index in [1.807, 2.05) is 0 Å². The molecule has 0 unspecified atom stereocenters. The van der Waals surface area contributed by atoms with Gasteiger partial charge in [-0.15, -0.1) is 4.79 Å². The Morgan fingerprint density at radius 3 is 1.54 bits per heavy atom. The third kappa shape index (κ3) is 5.35.